The summed E-state index contributed by atoms with van der Waals surface area (Å²) in [6.07, 6.45) is -3.69. The number of carboxylic acid groups (broad SMARTS) is 3. The molecule has 6 N–H and O–H groups in total. The van der Waals surface area contributed by atoms with E-state index in [1.165, 1.54) is 20.8 Å². The van der Waals surface area contributed by atoms with Crippen molar-refractivity contribution in [2.24, 2.45) is 0 Å². The Bertz CT molecular complexity index is 214. The first-order chi connectivity index (χ1) is 7.93. The van der Waals surface area contributed by atoms with Gasteiger partial charge in [-0.25, -0.2) is 14.4 Å². The first-order valence-corrected chi connectivity index (χ1v) is 4.66. The summed E-state index contributed by atoms with van der Waals surface area (Å²) in [6.45, 7) is 3.59. The van der Waals surface area contributed by atoms with Crippen LogP contribution in [-0.4, -0.2) is 66.9 Å². The standard InChI is InChI=1S/3C3H6O3/c3*1-2(4)3(5)6/h3*2,4H,1H3,(H,5,6). The van der Waals surface area contributed by atoms with E-state index in [4.69, 9.17) is 30.6 Å². The number of hydrogen-bond donors (Lipinski definition) is 6. The molecule has 3 atom stereocenters. The number of aliphatic hydroxyl groups excluding tert-OH is 3. The van der Waals surface area contributed by atoms with Gasteiger partial charge in [0.15, 0.2) is 0 Å². The molecular formula is C9H18O9. The van der Waals surface area contributed by atoms with Gasteiger partial charge in [-0.05, 0) is 20.8 Å². The van der Waals surface area contributed by atoms with E-state index in [0.29, 0.717) is 0 Å². The van der Waals surface area contributed by atoms with Gasteiger partial charge < -0.3 is 30.6 Å². The number of hydrogen-bond acceptors (Lipinski definition) is 6. The summed E-state index contributed by atoms with van der Waals surface area (Å²) in [7, 11) is 0. The highest BCUT2D eigenvalue weighted by atomic mass is 16.4. The van der Waals surface area contributed by atoms with Gasteiger partial charge in [-0.1, -0.05) is 0 Å². The van der Waals surface area contributed by atoms with Gasteiger partial charge in [0.1, 0.15) is 18.3 Å². The second kappa shape index (κ2) is 11.8. The van der Waals surface area contributed by atoms with E-state index in [1.807, 2.05) is 0 Å². The summed E-state index contributed by atoms with van der Waals surface area (Å²) >= 11 is 0. The third kappa shape index (κ3) is 23.8. The second-order valence-electron chi connectivity index (χ2n) is 3.04. The van der Waals surface area contributed by atoms with E-state index >= 15 is 0 Å². The van der Waals surface area contributed by atoms with Crippen molar-refractivity contribution < 1.29 is 45.0 Å². The summed E-state index contributed by atoms with van der Waals surface area (Å²) in [5, 5.41) is 47.3. The molecule has 0 radical (unpaired) electrons. The van der Waals surface area contributed by atoms with Crippen LogP contribution in [0.4, 0.5) is 0 Å². The maximum atomic E-state index is 9.45. The molecule has 0 fully saturated rings. The summed E-state index contributed by atoms with van der Waals surface area (Å²) in [5.74, 6) is -3.56. The lowest BCUT2D eigenvalue weighted by atomic mass is 10.4. The van der Waals surface area contributed by atoms with Crippen LogP contribution in [0, 0.1) is 0 Å². The molecule has 0 amide bonds. The van der Waals surface area contributed by atoms with E-state index in [1.54, 1.807) is 0 Å². The van der Waals surface area contributed by atoms with Crippen molar-refractivity contribution in [2.75, 3.05) is 0 Å². The number of aliphatic hydroxyl groups is 3. The van der Waals surface area contributed by atoms with Crippen LogP contribution in [0.25, 0.3) is 0 Å². The number of rotatable bonds is 3. The van der Waals surface area contributed by atoms with E-state index < -0.39 is 36.2 Å². The SMILES string of the molecule is CC(O)C(=O)O.CC(O)C(=O)O.CC(O)C(=O)O. The molecule has 0 aromatic carbocycles. The molecule has 18 heavy (non-hydrogen) atoms. The van der Waals surface area contributed by atoms with Crippen molar-refractivity contribution in [3.05, 3.63) is 0 Å². The molecule has 0 aliphatic rings. The summed E-state index contributed by atoms with van der Waals surface area (Å²) < 4.78 is 0. The van der Waals surface area contributed by atoms with Crippen LogP contribution in [0.3, 0.4) is 0 Å². The fourth-order valence-electron chi connectivity index (χ4n) is 0. The van der Waals surface area contributed by atoms with E-state index in [-0.39, 0.29) is 0 Å². The van der Waals surface area contributed by atoms with Crippen LogP contribution in [0.15, 0.2) is 0 Å². The van der Waals surface area contributed by atoms with Gasteiger partial charge >= 0.3 is 17.9 Å². The predicted octanol–water partition coefficient (Wildman–Crippen LogP) is -1.64. The largest absolute Gasteiger partial charge is 0.479 e. The molecule has 108 valence electrons. The molecule has 0 saturated heterocycles. The van der Waals surface area contributed by atoms with Crippen molar-refractivity contribution in [3.63, 3.8) is 0 Å². The molecule has 0 aliphatic carbocycles. The summed E-state index contributed by atoms with van der Waals surface area (Å²) in [4.78, 5) is 28.3. The molecule has 0 spiro atoms. The lowest BCUT2D eigenvalue weighted by Gasteiger charge is -1.89. The van der Waals surface area contributed by atoms with Crippen molar-refractivity contribution in [2.45, 2.75) is 39.1 Å². The Hall–Kier alpha value is -1.71. The van der Waals surface area contributed by atoms with Gasteiger partial charge in [0.05, 0.1) is 0 Å². The highest BCUT2D eigenvalue weighted by Gasteiger charge is 2.02. The summed E-state index contributed by atoms with van der Waals surface area (Å²) in [6, 6.07) is 0. The monoisotopic (exact) mass is 270 g/mol. The quantitative estimate of drug-likeness (QED) is 0.351. The van der Waals surface area contributed by atoms with Crippen LogP contribution in [0.2, 0.25) is 0 Å². The van der Waals surface area contributed by atoms with Crippen molar-refractivity contribution >= 4 is 17.9 Å². The molecule has 9 nitrogen and oxygen atoms in total. The Morgan fingerprint density at radius 2 is 0.667 bits per heavy atom. The lowest BCUT2D eigenvalue weighted by molar-refractivity contribution is -0.146. The number of carboxylic acids is 3. The van der Waals surface area contributed by atoms with Crippen LogP contribution in [0.5, 0.6) is 0 Å². The van der Waals surface area contributed by atoms with Crippen LogP contribution in [0.1, 0.15) is 20.8 Å². The average molecular weight is 270 g/mol. The average Bonchev–Trinajstić information content (AvgIpc) is 2.18. The third-order valence-electron chi connectivity index (χ3n) is 1.07. The van der Waals surface area contributed by atoms with Gasteiger partial charge in [0, 0.05) is 0 Å². The van der Waals surface area contributed by atoms with Gasteiger partial charge in [-0.3, -0.25) is 0 Å². The first-order valence-electron chi connectivity index (χ1n) is 4.66. The Kier molecular flexibility index (Phi) is 14.1. The highest BCUT2D eigenvalue weighted by Crippen LogP contribution is 1.74. The van der Waals surface area contributed by atoms with E-state index in [2.05, 4.69) is 0 Å². The Balaban J connectivity index is -0.000000187. The maximum absolute atomic E-state index is 9.45. The molecule has 0 aromatic heterocycles. The van der Waals surface area contributed by atoms with Crippen molar-refractivity contribution in [3.8, 4) is 0 Å². The van der Waals surface area contributed by atoms with E-state index in [9.17, 15) is 14.4 Å². The minimum Gasteiger partial charge on any atom is -0.479 e. The van der Waals surface area contributed by atoms with Gasteiger partial charge in [-0.2, -0.15) is 0 Å². The maximum Gasteiger partial charge on any atom is 0.332 e. The number of carbonyl (C=O) groups is 3. The minimum atomic E-state index is -1.23. The predicted molar refractivity (Wildman–Crippen MR) is 57.9 cm³/mol. The smallest absolute Gasteiger partial charge is 0.332 e. The normalized spacial score (nSPS) is 13.7. The lowest BCUT2D eigenvalue weighted by Crippen LogP contribution is -2.13. The first kappa shape index (κ1) is 21.6. The fraction of sp³-hybridized carbons (Fsp3) is 0.667. The molecule has 0 saturated carbocycles. The number of aliphatic carboxylic acids is 3. The molecule has 3 unspecified atom stereocenters. The molecule has 0 aromatic rings. The van der Waals surface area contributed by atoms with Crippen LogP contribution < -0.4 is 0 Å². The van der Waals surface area contributed by atoms with Gasteiger partial charge in [0.2, 0.25) is 0 Å². The molecule has 9 heteroatoms. The topological polar surface area (TPSA) is 173 Å². The molecule has 0 rings (SSSR count). The van der Waals surface area contributed by atoms with Gasteiger partial charge in [0.25, 0.3) is 0 Å². The molecule has 0 heterocycles. The second-order valence-corrected chi connectivity index (χ2v) is 3.04. The fourth-order valence-corrected chi connectivity index (χ4v) is 0. The van der Waals surface area contributed by atoms with Crippen molar-refractivity contribution in [1.82, 2.24) is 0 Å². The Morgan fingerprint density at radius 3 is 0.667 bits per heavy atom. The molecule has 0 aliphatic heterocycles. The molecule has 0 bridgehead atoms. The zero-order valence-corrected chi connectivity index (χ0v) is 10.1. The van der Waals surface area contributed by atoms with Crippen LogP contribution in [-0.2, 0) is 14.4 Å². The molecular weight excluding hydrogens is 252 g/mol. The zero-order chi connectivity index (χ0) is 15.5. The van der Waals surface area contributed by atoms with Crippen LogP contribution >= 0.6 is 0 Å². The van der Waals surface area contributed by atoms with Gasteiger partial charge in [-0.15, -0.1) is 0 Å². The zero-order valence-electron chi connectivity index (χ0n) is 10.1. The van der Waals surface area contributed by atoms with Crippen molar-refractivity contribution in [1.29, 1.82) is 0 Å². The third-order valence-corrected chi connectivity index (χ3v) is 1.07. The highest BCUT2D eigenvalue weighted by molar-refractivity contribution is 5.71. The van der Waals surface area contributed by atoms with E-state index in [0.717, 1.165) is 0 Å². The summed E-state index contributed by atoms with van der Waals surface area (Å²) in [5.41, 5.74) is 0. The Labute approximate surface area is 103 Å². The minimum absolute atomic E-state index is 1.19. The Morgan fingerprint density at radius 1 is 0.611 bits per heavy atom.